The predicted octanol–water partition coefficient (Wildman–Crippen LogP) is 3.39. The number of nitrogens with one attached hydrogen (secondary N) is 1. The van der Waals surface area contributed by atoms with Gasteiger partial charge in [-0.1, -0.05) is 0 Å². The third-order valence-electron chi connectivity index (χ3n) is 5.74. The first-order valence-corrected chi connectivity index (χ1v) is 10.0. The number of benzene rings is 1. The maximum atomic E-state index is 14.5. The molecule has 5 aromatic rings. The molecule has 1 saturated heterocycles. The predicted molar refractivity (Wildman–Crippen MR) is 111 cm³/mol. The molecule has 0 aliphatic carbocycles. The van der Waals surface area contributed by atoms with Gasteiger partial charge in [0.05, 0.1) is 17.8 Å². The molecule has 0 saturated carbocycles. The first-order chi connectivity index (χ1) is 15.6. The van der Waals surface area contributed by atoms with Crippen molar-refractivity contribution in [1.82, 2.24) is 34.5 Å². The van der Waals surface area contributed by atoms with E-state index < -0.39 is 11.6 Å². The van der Waals surface area contributed by atoms with E-state index in [9.17, 15) is 13.9 Å². The van der Waals surface area contributed by atoms with Crippen molar-refractivity contribution in [3.8, 4) is 17.3 Å². The summed E-state index contributed by atoms with van der Waals surface area (Å²) >= 11 is 0. The summed E-state index contributed by atoms with van der Waals surface area (Å²) in [7, 11) is 0. The summed E-state index contributed by atoms with van der Waals surface area (Å²) in [4.78, 5) is 22.0. The fourth-order valence-electron chi connectivity index (χ4n) is 4.26. The molecule has 1 aliphatic rings. The van der Waals surface area contributed by atoms with E-state index in [0.717, 1.165) is 18.6 Å². The highest BCUT2D eigenvalue weighted by molar-refractivity contribution is 5.83. The Labute approximate surface area is 179 Å². The van der Waals surface area contributed by atoms with Gasteiger partial charge in [0.2, 0.25) is 5.88 Å². The van der Waals surface area contributed by atoms with Crippen molar-refractivity contribution in [2.24, 2.45) is 0 Å². The Morgan fingerprint density at radius 2 is 2.03 bits per heavy atom. The molecule has 11 heteroatoms. The summed E-state index contributed by atoms with van der Waals surface area (Å²) in [6, 6.07) is 5.02. The molecule has 0 unspecified atom stereocenters. The zero-order valence-corrected chi connectivity index (χ0v) is 16.6. The molecular formula is C21H16F2N8O. The highest BCUT2D eigenvalue weighted by Gasteiger charge is 2.30. The summed E-state index contributed by atoms with van der Waals surface area (Å²) < 4.78 is 29.9. The fraction of sp³-hybridized carbons (Fsp3) is 0.190. The number of aromatic amines is 1. The van der Waals surface area contributed by atoms with Crippen LogP contribution in [0.15, 0.2) is 43.0 Å². The van der Waals surface area contributed by atoms with Crippen LogP contribution in [-0.2, 0) is 0 Å². The van der Waals surface area contributed by atoms with Crippen LogP contribution in [0, 0.1) is 11.6 Å². The Kier molecular flexibility index (Phi) is 4.03. The topological polar surface area (TPSA) is 108 Å². The highest BCUT2D eigenvalue weighted by Crippen LogP contribution is 2.37. The molecule has 160 valence electrons. The molecule has 1 aromatic carbocycles. The van der Waals surface area contributed by atoms with Gasteiger partial charge in [0.25, 0.3) is 0 Å². The van der Waals surface area contributed by atoms with E-state index in [1.807, 2.05) is 4.90 Å². The summed E-state index contributed by atoms with van der Waals surface area (Å²) in [5.41, 5.74) is 2.10. The number of hydrogen-bond donors (Lipinski definition) is 2. The molecule has 0 bridgehead atoms. The van der Waals surface area contributed by atoms with Crippen molar-refractivity contribution < 1.29 is 13.9 Å². The fourth-order valence-corrected chi connectivity index (χ4v) is 4.26. The summed E-state index contributed by atoms with van der Waals surface area (Å²) in [5, 5.41) is 14.3. The SMILES string of the molecule is Oc1ncnc2nc(-c3cnn4ccc(N5CCC[C@@H]5c5cc(F)ccc5F)nc34)[nH]c12. The Morgan fingerprint density at radius 3 is 2.91 bits per heavy atom. The maximum Gasteiger partial charge on any atom is 0.240 e. The lowest BCUT2D eigenvalue weighted by molar-refractivity contribution is 0.458. The lowest BCUT2D eigenvalue weighted by Crippen LogP contribution is -2.24. The van der Waals surface area contributed by atoms with Crippen LogP contribution in [-0.4, -0.2) is 46.2 Å². The van der Waals surface area contributed by atoms with Crippen molar-refractivity contribution in [1.29, 1.82) is 0 Å². The molecular weight excluding hydrogens is 418 g/mol. The third kappa shape index (κ3) is 2.85. The van der Waals surface area contributed by atoms with E-state index in [-0.39, 0.29) is 11.9 Å². The van der Waals surface area contributed by atoms with Crippen LogP contribution in [0.4, 0.5) is 14.6 Å². The summed E-state index contributed by atoms with van der Waals surface area (Å²) in [5.74, 6) is -0.0340. The number of imidazole rings is 1. The van der Waals surface area contributed by atoms with Crippen molar-refractivity contribution in [2.45, 2.75) is 18.9 Å². The standard InChI is InChI=1S/C21H16F2N8O/c22-11-3-4-14(23)12(8-11)15-2-1-6-30(15)16-5-7-31-20(27-16)13(9-26-31)18-28-17-19(29-18)24-10-25-21(17)32/h3-5,7-10,15H,1-2,6H2,(H2,24,25,28,29,32)/t15-/m1/s1. The number of aromatic hydroxyl groups is 1. The zero-order valence-electron chi connectivity index (χ0n) is 16.6. The normalized spacial score (nSPS) is 16.4. The van der Waals surface area contributed by atoms with E-state index >= 15 is 0 Å². The third-order valence-corrected chi connectivity index (χ3v) is 5.74. The van der Waals surface area contributed by atoms with E-state index in [1.54, 1.807) is 23.0 Å². The van der Waals surface area contributed by atoms with Crippen LogP contribution in [0.2, 0.25) is 0 Å². The number of nitrogens with zero attached hydrogens (tertiary/aromatic N) is 7. The molecule has 0 amide bonds. The van der Waals surface area contributed by atoms with E-state index in [2.05, 4.69) is 25.0 Å². The first-order valence-electron chi connectivity index (χ1n) is 10.0. The van der Waals surface area contributed by atoms with Crippen LogP contribution in [0.5, 0.6) is 5.88 Å². The van der Waals surface area contributed by atoms with Crippen LogP contribution in [0.25, 0.3) is 28.2 Å². The molecule has 6 rings (SSSR count). The second-order valence-electron chi connectivity index (χ2n) is 7.61. The van der Waals surface area contributed by atoms with Gasteiger partial charge in [-0.3, -0.25) is 0 Å². The molecule has 1 fully saturated rings. The largest absolute Gasteiger partial charge is 0.492 e. The minimum atomic E-state index is -0.467. The molecule has 2 N–H and O–H groups in total. The van der Waals surface area contributed by atoms with Crippen LogP contribution in [0.3, 0.4) is 0 Å². The van der Waals surface area contributed by atoms with Gasteiger partial charge in [0.15, 0.2) is 11.3 Å². The second kappa shape index (κ2) is 6.94. The van der Waals surface area contributed by atoms with Gasteiger partial charge in [0, 0.05) is 18.3 Å². The average Bonchev–Trinajstić information content (AvgIpc) is 3.52. The van der Waals surface area contributed by atoms with Gasteiger partial charge in [-0.25, -0.2) is 28.2 Å². The van der Waals surface area contributed by atoms with E-state index in [4.69, 9.17) is 4.98 Å². The van der Waals surface area contributed by atoms with Crippen LogP contribution < -0.4 is 4.90 Å². The smallest absolute Gasteiger partial charge is 0.240 e. The zero-order chi connectivity index (χ0) is 21.8. The van der Waals surface area contributed by atoms with Gasteiger partial charge in [-0.15, -0.1) is 0 Å². The van der Waals surface area contributed by atoms with Crippen LogP contribution in [0.1, 0.15) is 24.4 Å². The number of anilines is 1. The lowest BCUT2D eigenvalue weighted by Gasteiger charge is -2.26. The molecule has 1 aliphatic heterocycles. The average molecular weight is 434 g/mol. The van der Waals surface area contributed by atoms with Gasteiger partial charge in [-0.05, 0) is 37.1 Å². The number of H-pyrrole nitrogens is 1. The van der Waals surface area contributed by atoms with Crippen LogP contribution >= 0.6 is 0 Å². The highest BCUT2D eigenvalue weighted by atomic mass is 19.1. The molecule has 4 aromatic heterocycles. The van der Waals surface area contributed by atoms with Crippen molar-refractivity contribution in [3.05, 3.63) is 60.2 Å². The second-order valence-corrected chi connectivity index (χ2v) is 7.61. The van der Waals surface area contributed by atoms with Crippen molar-refractivity contribution in [2.75, 3.05) is 11.4 Å². The molecule has 5 heterocycles. The molecule has 0 radical (unpaired) electrons. The minimum Gasteiger partial charge on any atom is -0.492 e. The number of aromatic nitrogens is 7. The number of halogens is 2. The summed E-state index contributed by atoms with van der Waals surface area (Å²) in [6.45, 7) is 0.668. The van der Waals surface area contributed by atoms with Gasteiger partial charge < -0.3 is 15.0 Å². The summed E-state index contributed by atoms with van der Waals surface area (Å²) in [6.07, 6.45) is 6.14. The Morgan fingerprint density at radius 1 is 1.12 bits per heavy atom. The number of hydrogen-bond acceptors (Lipinski definition) is 7. The monoisotopic (exact) mass is 434 g/mol. The van der Waals surface area contributed by atoms with Crippen molar-refractivity contribution >= 4 is 22.6 Å². The Bertz CT molecular complexity index is 1480. The lowest BCUT2D eigenvalue weighted by atomic mass is 10.0. The minimum absolute atomic E-state index is 0.198. The van der Waals surface area contributed by atoms with Gasteiger partial charge >= 0.3 is 0 Å². The van der Waals surface area contributed by atoms with E-state index in [1.165, 1.54) is 12.4 Å². The maximum absolute atomic E-state index is 14.5. The van der Waals surface area contributed by atoms with E-state index in [0.29, 0.717) is 52.5 Å². The molecule has 9 nitrogen and oxygen atoms in total. The molecule has 0 spiro atoms. The quantitative estimate of drug-likeness (QED) is 0.448. The number of rotatable bonds is 3. The first kappa shape index (κ1) is 18.6. The molecule has 1 atom stereocenters. The Balaban J connectivity index is 1.44. The van der Waals surface area contributed by atoms with Gasteiger partial charge in [0.1, 0.15) is 35.1 Å². The molecule has 32 heavy (non-hydrogen) atoms. The Hall–Kier alpha value is -4.15. The van der Waals surface area contributed by atoms with Crippen molar-refractivity contribution in [3.63, 3.8) is 0 Å². The number of fused-ring (bicyclic) bond motifs is 2. The van der Waals surface area contributed by atoms with Gasteiger partial charge in [-0.2, -0.15) is 10.1 Å².